The normalized spacial score (nSPS) is 15.6. The third-order valence-corrected chi connectivity index (χ3v) is 5.59. The molecule has 1 saturated heterocycles. The monoisotopic (exact) mass is 465 g/mol. The number of methoxy groups -OCH3 is 1. The van der Waals surface area contributed by atoms with E-state index < -0.39 is 0 Å². The van der Waals surface area contributed by atoms with Crippen molar-refractivity contribution in [3.63, 3.8) is 0 Å². The van der Waals surface area contributed by atoms with Crippen LogP contribution in [0.3, 0.4) is 0 Å². The van der Waals surface area contributed by atoms with Crippen molar-refractivity contribution in [2.24, 2.45) is 0 Å². The Bertz CT molecular complexity index is 1040. The van der Waals surface area contributed by atoms with Crippen LogP contribution in [0.4, 0.5) is 10.5 Å². The van der Waals surface area contributed by atoms with Crippen molar-refractivity contribution in [2.45, 2.75) is 38.4 Å². The molecule has 180 valence electrons. The summed E-state index contributed by atoms with van der Waals surface area (Å²) in [4.78, 5) is 16.8. The van der Waals surface area contributed by atoms with E-state index in [4.69, 9.17) is 18.6 Å². The number of carbonyl (C=O) groups is 1. The maximum absolute atomic E-state index is 12.3. The number of rotatable bonds is 10. The minimum Gasteiger partial charge on any atom is -0.497 e. The maximum Gasteiger partial charge on any atom is 0.319 e. The average Bonchev–Trinajstić information content (AvgIpc) is 3.34. The first-order valence-corrected chi connectivity index (χ1v) is 11.6. The Labute approximate surface area is 199 Å². The van der Waals surface area contributed by atoms with Gasteiger partial charge in [0.15, 0.2) is 0 Å². The molecule has 0 saturated carbocycles. The van der Waals surface area contributed by atoms with Crippen LogP contribution in [-0.4, -0.2) is 44.0 Å². The van der Waals surface area contributed by atoms with E-state index in [2.05, 4.69) is 15.6 Å². The van der Waals surface area contributed by atoms with Gasteiger partial charge in [0, 0.05) is 30.8 Å². The van der Waals surface area contributed by atoms with Gasteiger partial charge < -0.3 is 29.3 Å². The smallest absolute Gasteiger partial charge is 0.319 e. The summed E-state index contributed by atoms with van der Waals surface area (Å²) in [5.41, 5.74) is 3.36. The van der Waals surface area contributed by atoms with Crippen LogP contribution in [0.2, 0.25) is 0 Å². The van der Waals surface area contributed by atoms with E-state index in [9.17, 15) is 4.79 Å². The second-order valence-electron chi connectivity index (χ2n) is 8.21. The zero-order chi connectivity index (χ0) is 23.6. The summed E-state index contributed by atoms with van der Waals surface area (Å²) in [5, 5.41) is 5.72. The number of hydrogen-bond donors (Lipinski definition) is 2. The average molecular weight is 466 g/mol. The zero-order valence-electron chi connectivity index (χ0n) is 19.4. The number of nitrogens with zero attached hydrogens (tertiary/aromatic N) is 1. The van der Waals surface area contributed by atoms with Crippen LogP contribution >= 0.6 is 0 Å². The minimum absolute atomic E-state index is 0.192. The summed E-state index contributed by atoms with van der Waals surface area (Å²) in [5.74, 6) is 1.31. The van der Waals surface area contributed by atoms with Gasteiger partial charge in [-0.15, -0.1) is 0 Å². The van der Waals surface area contributed by atoms with Gasteiger partial charge in [0.05, 0.1) is 32.1 Å². The van der Waals surface area contributed by atoms with Gasteiger partial charge in [0.1, 0.15) is 12.0 Å². The molecule has 1 atom stereocenters. The van der Waals surface area contributed by atoms with Crippen molar-refractivity contribution in [2.75, 3.05) is 32.2 Å². The Morgan fingerprint density at radius 3 is 2.85 bits per heavy atom. The Hall–Kier alpha value is -3.36. The van der Waals surface area contributed by atoms with Crippen LogP contribution in [0.1, 0.15) is 30.5 Å². The lowest BCUT2D eigenvalue weighted by Gasteiger charge is -2.22. The van der Waals surface area contributed by atoms with E-state index in [1.165, 1.54) is 6.42 Å². The van der Waals surface area contributed by atoms with Gasteiger partial charge in [-0.2, -0.15) is 0 Å². The number of nitrogens with one attached hydrogen (secondary N) is 2. The van der Waals surface area contributed by atoms with Crippen LogP contribution in [-0.2, 0) is 22.5 Å². The fourth-order valence-electron chi connectivity index (χ4n) is 3.75. The van der Waals surface area contributed by atoms with E-state index >= 15 is 0 Å². The number of anilines is 1. The van der Waals surface area contributed by atoms with Gasteiger partial charge in [-0.05, 0) is 61.2 Å². The summed E-state index contributed by atoms with van der Waals surface area (Å²) in [6.45, 7) is 2.34. The highest BCUT2D eigenvalue weighted by molar-refractivity contribution is 5.89. The summed E-state index contributed by atoms with van der Waals surface area (Å²) in [6, 6.07) is 14.9. The lowest BCUT2D eigenvalue weighted by atomic mass is 10.1. The van der Waals surface area contributed by atoms with Gasteiger partial charge >= 0.3 is 6.03 Å². The van der Waals surface area contributed by atoms with Crippen molar-refractivity contribution < 1.29 is 23.4 Å². The van der Waals surface area contributed by atoms with Gasteiger partial charge in [-0.1, -0.05) is 12.1 Å². The molecule has 0 bridgehead atoms. The van der Waals surface area contributed by atoms with Crippen molar-refractivity contribution in [1.82, 2.24) is 10.3 Å². The second-order valence-corrected chi connectivity index (χ2v) is 8.21. The Morgan fingerprint density at radius 2 is 2.06 bits per heavy atom. The lowest BCUT2D eigenvalue weighted by molar-refractivity contribution is -0.0447. The largest absolute Gasteiger partial charge is 0.497 e. The minimum atomic E-state index is -0.271. The number of oxazole rings is 1. The van der Waals surface area contributed by atoms with E-state index in [0.29, 0.717) is 32.1 Å². The molecule has 1 fully saturated rings. The second kappa shape index (κ2) is 12.2. The first kappa shape index (κ1) is 23.8. The fraction of sp³-hybridized carbons (Fsp3) is 0.385. The zero-order valence-corrected chi connectivity index (χ0v) is 19.4. The Kier molecular flexibility index (Phi) is 8.54. The van der Waals surface area contributed by atoms with Crippen molar-refractivity contribution in [1.29, 1.82) is 0 Å². The van der Waals surface area contributed by atoms with Crippen LogP contribution < -0.4 is 15.4 Å². The van der Waals surface area contributed by atoms with E-state index in [1.54, 1.807) is 13.4 Å². The molecule has 4 rings (SSSR count). The van der Waals surface area contributed by atoms with Gasteiger partial charge in [0.25, 0.3) is 0 Å². The molecule has 0 aliphatic carbocycles. The molecule has 2 heterocycles. The predicted molar refractivity (Wildman–Crippen MR) is 129 cm³/mol. The third kappa shape index (κ3) is 7.07. The number of hydrogen-bond acceptors (Lipinski definition) is 6. The predicted octanol–water partition coefficient (Wildman–Crippen LogP) is 4.80. The summed E-state index contributed by atoms with van der Waals surface area (Å²) in [7, 11) is 1.63. The summed E-state index contributed by atoms with van der Waals surface area (Å²) >= 11 is 0. The molecule has 3 aromatic rings. The van der Waals surface area contributed by atoms with E-state index in [1.807, 2.05) is 48.5 Å². The van der Waals surface area contributed by atoms with Crippen molar-refractivity contribution in [3.05, 3.63) is 66.1 Å². The quantitative estimate of drug-likeness (QED) is 0.447. The Balaban J connectivity index is 1.18. The molecule has 2 aromatic carbocycles. The van der Waals surface area contributed by atoms with Crippen LogP contribution in [0, 0.1) is 0 Å². The number of benzene rings is 2. The highest BCUT2D eigenvalue weighted by Crippen LogP contribution is 2.22. The van der Waals surface area contributed by atoms with Gasteiger partial charge in [-0.3, -0.25) is 0 Å². The number of ether oxygens (including phenoxy) is 3. The molecule has 8 nitrogen and oxygen atoms in total. The molecule has 1 aliphatic rings. The maximum atomic E-state index is 12.3. The van der Waals surface area contributed by atoms with Gasteiger partial charge in [0.2, 0.25) is 5.89 Å². The molecule has 0 radical (unpaired) electrons. The molecule has 2 amide bonds. The molecule has 1 unspecified atom stereocenters. The number of aromatic nitrogens is 1. The van der Waals surface area contributed by atoms with E-state index in [0.717, 1.165) is 47.7 Å². The highest BCUT2D eigenvalue weighted by Gasteiger charge is 2.14. The van der Waals surface area contributed by atoms with Crippen LogP contribution in [0.25, 0.3) is 11.5 Å². The van der Waals surface area contributed by atoms with Crippen LogP contribution in [0.15, 0.2) is 59.2 Å². The molecule has 8 heteroatoms. The molecular formula is C26H31N3O5. The first-order chi connectivity index (χ1) is 16.7. The van der Waals surface area contributed by atoms with Crippen molar-refractivity contribution >= 4 is 11.7 Å². The first-order valence-electron chi connectivity index (χ1n) is 11.6. The van der Waals surface area contributed by atoms with Crippen molar-refractivity contribution in [3.8, 4) is 17.2 Å². The lowest BCUT2D eigenvalue weighted by Crippen LogP contribution is -2.30. The topological polar surface area (TPSA) is 94.9 Å². The van der Waals surface area contributed by atoms with Gasteiger partial charge in [-0.25, -0.2) is 9.78 Å². The molecule has 34 heavy (non-hydrogen) atoms. The highest BCUT2D eigenvalue weighted by atomic mass is 16.5. The molecular weight excluding hydrogens is 434 g/mol. The Morgan fingerprint density at radius 1 is 1.18 bits per heavy atom. The molecule has 0 spiro atoms. The summed E-state index contributed by atoms with van der Waals surface area (Å²) in [6.07, 6.45) is 5.75. The molecule has 1 aromatic heterocycles. The van der Waals surface area contributed by atoms with Crippen LogP contribution in [0.5, 0.6) is 5.75 Å². The van der Waals surface area contributed by atoms with E-state index in [-0.39, 0.29) is 12.1 Å². The standard InChI is InChI=1S/C26H31N3O5/c1-31-23-10-8-20(9-11-23)25-28-22(17-34-25)12-13-27-26(30)29-21-6-4-5-19(15-21)16-32-18-24-7-2-3-14-33-24/h4-6,8-11,15,17,24H,2-3,7,12-14,16,18H2,1H3,(H2,27,29,30). The molecule has 2 N–H and O–H groups in total. The SMILES string of the molecule is COc1ccc(-c2nc(CCNC(=O)Nc3cccc(COCC4CCCCO4)c3)co2)cc1. The molecule has 1 aliphatic heterocycles. The summed E-state index contributed by atoms with van der Waals surface area (Å²) < 4.78 is 22.2. The number of amides is 2. The number of urea groups is 1. The number of carbonyl (C=O) groups excluding carboxylic acids is 1. The fourth-order valence-corrected chi connectivity index (χ4v) is 3.75. The third-order valence-electron chi connectivity index (χ3n) is 5.59.